The molecule has 2 aromatic carbocycles. The van der Waals surface area contributed by atoms with Gasteiger partial charge in [0.05, 0.1) is 30.5 Å². The summed E-state index contributed by atoms with van der Waals surface area (Å²) < 4.78 is 33.8. The van der Waals surface area contributed by atoms with Crippen LogP contribution in [0.15, 0.2) is 52.5 Å². The average molecular weight is 388 g/mol. The molecular formula is C19H20N2O5S. The number of hydrogen-bond acceptors (Lipinski definition) is 6. The van der Waals surface area contributed by atoms with Crippen molar-refractivity contribution >= 4 is 27.1 Å². The summed E-state index contributed by atoms with van der Waals surface area (Å²) in [5.41, 5.74) is 2.09. The molecule has 1 aliphatic heterocycles. The van der Waals surface area contributed by atoms with Gasteiger partial charge < -0.3 is 9.47 Å². The Morgan fingerprint density at radius 1 is 0.963 bits per heavy atom. The standard InChI is InChI=1S/C19H20N2O5S/c1-25-17-10-4-13(12-18(17)26-2)16-9-11-19(22)21(20-16)14-5-7-15(8-6-14)27(3,23)24/h4-8,10,12H,9,11H2,1-3H3. The zero-order valence-corrected chi connectivity index (χ0v) is 16.1. The van der Waals surface area contributed by atoms with Crippen molar-refractivity contribution in [3.05, 3.63) is 48.0 Å². The third-order valence-electron chi connectivity index (χ3n) is 4.26. The molecule has 0 aromatic heterocycles. The van der Waals surface area contributed by atoms with Crippen molar-refractivity contribution in [1.82, 2.24) is 0 Å². The number of hydrazone groups is 1. The maximum absolute atomic E-state index is 12.3. The van der Waals surface area contributed by atoms with Gasteiger partial charge in [-0.05, 0) is 42.5 Å². The highest BCUT2D eigenvalue weighted by atomic mass is 32.2. The number of carbonyl (C=O) groups is 1. The van der Waals surface area contributed by atoms with Crippen molar-refractivity contribution in [3.8, 4) is 11.5 Å². The molecule has 1 aliphatic rings. The number of methoxy groups -OCH3 is 2. The number of sulfone groups is 1. The number of benzene rings is 2. The highest BCUT2D eigenvalue weighted by molar-refractivity contribution is 7.90. The van der Waals surface area contributed by atoms with Crippen LogP contribution in [0.3, 0.4) is 0 Å². The van der Waals surface area contributed by atoms with Crippen LogP contribution in [0.25, 0.3) is 0 Å². The summed E-state index contributed by atoms with van der Waals surface area (Å²) in [6.45, 7) is 0. The van der Waals surface area contributed by atoms with Gasteiger partial charge in [-0.1, -0.05) is 0 Å². The lowest BCUT2D eigenvalue weighted by molar-refractivity contribution is -0.118. The highest BCUT2D eigenvalue weighted by Gasteiger charge is 2.23. The number of ether oxygens (including phenoxy) is 2. The summed E-state index contributed by atoms with van der Waals surface area (Å²) in [5.74, 6) is 1.05. The summed E-state index contributed by atoms with van der Waals surface area (Å²) in [4.78, 5) is 12.5. The summed E-state index contributed by atoms with van der Waals surface area (Å²) in [5, 5.41) is 5.79. The lowest BCUT2D eigenvalue weighted by Crippen LogP contribution is -2.31. The van der Waals surface area contributed by atoms with Gasteiger partial charge in [0.2, 0.25) is 5.91 Å². The van der Waals surface area contributed by atoms with E-state index in [9.17, 15) is 13.2 Å². The largest absolute Gasteiger partial charge is 0.493 e. The molecule has 142 valence electrons. The molecule has 27 heavy (non-hydrogen) atoms. The van der Waals surface area contributed by atoms with Gasteiger partial charge in [-0.15, -0.1) is 0 Å². The second-order valence-corrected chi connectivity index (χ2v) is 8.10. The summed E-state index contributed by atoms with van der Waals surface area (Å²) in [7, 11) is -0.172. The smallest absolute Gasteiger partial charge is 0.247 e. The zero-order chi connectivity index (χ0) is 19.6. The van der Waals surface area contributed by atoms with Gasteiger partial charge in [0.1, 0.15) is 0 Å². The zero-order valence-electron chi connectivity index (χ0n) is 15.3. The van der Waals surface area contributed by atoms with E-state index in [0.29, 0.717) is 30.0 Å². The fraction of sp³-hybridized carbons (Fsp3) is 0.263. The molecule has 0 aliphatic carbocycles. The predicted molar refractivity (Wildman–Crippen MR) is 102 cm³/mol. The van der Waals surface area contributed by atoms with Crippen molar-refractivity contribution in [2.45, 2.75) is 17.7 Å². The molecule has 0 fully saturated rings. The quantitative estimate of drug-likeness (QED) is 0.786. The van der Waals surface area contributed by atoms with Gasteiger partial charge in [0.25, 0.3) is 0 Å². The lowest BCUT2D eigenvalue weighted by Gasteiger charge is -2.24. The van der Waals surface area contributed by atoms with Crippen molar-refractivity contribution in [3.63, 3.8) is 0 Å². The molecule has 0 radical (unpaired) electrons. The highest BCUT2D eigenvalue weighted by Crippen LogP contribution is 2.30. The summed E-state index contributed by atoms with van der Waals surface area (Å²) in [6, 6.07) is 11.6. The van der Waals surface area contributed by atoms with Crippen molar-refractivity contribution in [2.75, 3.05) is 25.5 Å². The normalized spacial score (nSPS) is 14.7. The molecule has 0 N–H and O–H groups in total. The number of anilines is 1. The fourth-order valence-corrected chi connectivity index (χ4v) is 3.44. The first-order valence-electron chi connectivity index (χ1n) is 8.26. The van der Waals surface area contributed by atoms with Crippen LogP contribution < -0.4 is 14.5 Å². The molecule has 2 aromatic rings. The van der Waals surface area contributed by atoms with Crippen molar-refractivity contribution in [2.24, 2.45) is 5.10 Å². The number of amides is 1. The molecule has 0 saturated carbocycles. The monoisotopic (exact) mass is 388 g/mol. The Kier molecular flexibility index (Phi) is 5.18. The van der Waals surface area contributed by atoms with Crippen LogP contribution in [0.1, 0.15) is 18.4 Å². The van der Waals surface area contributed by atoms with Gasteiger partial charge in [0.15, 0.2) is 21.3 Å². The molecule has 8 heteroatoms. The van der Waals surface area contributed by atoms with E-state index in [-0.39, 0.29) is 10.8 Å². The van der Waals surface area contributed by atoms with Crippen LogP contribution in [-0.2, 0) is 14.6 Å². The first-order chi connectivity index (χ1) is 12.8. The van der Waals surface area contributed by atoms with E-state index >= 15 is 0 Å². The first-order valence-corrected chi connectivity index (χ1v) is 10.2. The molecule has 1 amide bonds. The molecule has 0 unspecified atom stereocenters. The predicted octanol–water partition coefficient (Wildman–Crippen LogP) is 2.64. The van der Waals surface area contributed by atoms with E-state index in [1.165, 1.54) is 17.1 Å². The van der Waals surface area contributed by atoms with Crippen LogP contribution in [0.5, 0.6) is 11.5 Å². The number of nitrogens with zero attached hydrogens (tertiary/aromatic N) is 2. The van der Waals surface area contributed by atoms with E-state index in [0.717, 1.165) is 17.5 Å². The fourth-order valence-electron chi connectivity index (χ4n) is 2.81. The Balaban J connectivity index is 1.96. The number of carbonyl (C=O) groups excluding carboxylic acids is 1. The third-order valence-corrected chi connectivity index (χ3v) is 5.39. The Hall–Kier alpha value is -2.87. The van der Waals surface area contributed by atoms with Gasteiger partial charge >= 0.3 is 0 Å². The van der Waals surface area contributed by atoms with E-state index in [4.69, 9.17) is 9.47 Å². The number of hydrogen-bond donors (Lipinski definition) is 0. The first kappa shape index (κ1) is 18.9. The minimum Gasteiger partial charge on any atom is -0.493 e. The maximum Gasteiger partial charge on any atom is 0.247 e. The maximum atomic E-state index is 12.3. The molecule has 1 heterocycles. The lowest BCUT2D eigenvalue weighted by atomic mass is 10.0. The minimum atomic E-state index is -3.30. The van der Waals surface area contributed by atoms with Crippen LogP contribution in [0, 0.1) is 0 Å². The average Bonchev–Trinajstić information content (AvgIpc) is 2.67. The second kappa shape index (κ2) is 7.40. The molecule has 0 saturated heterocycles. The van der Waals surface area contributed by atoms with Crippen LogP contribution in [-0.4, -0.2) is 40.5 Å². The molecule has 0 atom stereocenters. The minimum absolute atomic E-state index is 0.147. The molecular weight excluding hydrogens is 368 g/mol. The Labute approximate surface area is 158 Å². The molecule has 7 nitrogen and oxygen atoms in total. The van der Waals surface area contributed by atoms with E-state index in [1.54, 1.807) is 32.4 Å². The van der Waals surface area contributed by atoms with Gasteiger partial charge in [0, 0.05) is 24.7 Å². The van der Waals surface area contributed by atoms with Crippen molar-refractivity contribution in [1.29, 1.82) is 0 Å². The third kappa shape index (κ3) is 3.95. The van der Waals surface area contributed by atoms with E-state index < -0.39 is 9.84 Å². The second-order valence-electron chi connectivity index (χ2n) is 6.09. The topological polar surface area (TPSA) is 85.3 Å². The number of rotatable bonds is 5. The van der Waals surface area contributed by atoms with Crippen LogP contribution in [0.2, 0.25) is 0 Å². The summed E-state index contributed by atoms with van der Waals surface area (Å²) >= 11 is 0. The Morgan fingerprint density at radius 3 is 2.22 bits per heavy atom. The molecule has 3 rings (SSSR count). The van der Waals surface area contributed by atoms with Gasteiger partial charge in [-0.25, -0.2) is 13.4 Å². The van der Waals surface area contributed by atoms with Crippen LogP contribution >= 0.6 is 0 Å². The SMILES string of the molecule is COc1ccc(C2=NN(c3ccc(S(C)(=O)=O)cc3)C(=O)CC2)cc1OC. The van der Waals surface area contributed by atoms with Gasteiger partial charge in [-0.2, -0.15) is 5.10 Å². The van der Waals surface area contributed by atoms with Crippen LogP contribution in [0.4, 0.5) is 5.69 Å². The molecule has 0 bridgehead atoms. The van der Waals surface area contributed by atoms with E-state index in [1.807, 2.05) is 12.1 Å². The van der Waals surface area contributed by atoms with Crippen molar-refractivity contribution < 1.29 is 22.7 Å². The summed E-state index contributed by atoms with van der Waals surface area (Å²) in [6.07, 6.45) is 1.95. The molecule has 0 spiro atoms. The van der Waals surface area contributed by atoms with E-state index in [2.05, 4.69) is 5.10 Å². The Morgan fingerprint density at radius 2 is 1.63 bits per heavy atom. The van der Waals surface area contributed by atoms with Gasteiger partial charge in [-0.3, -0.25) is 4.79 Å². The Bertz CT molecular complexity index is 997.